The maximum absolute atomic E-state index is 12.2. The van der Waals surface area contributed by atoms with Gasteiger partial charge in [0.05, 0.1) is 0 Å². The van der Waals surface area contributed by atoms with E-state index >= 15 is 0 Å². The van der Waals surface area contributed by atoms with Crippen molar-refractivity contribution in [3.63, 3.8) is 0 Å². The second-order valence-electron chi connectivity index (χ2n) is 11.6. The number of allylic oxidation sites excluding steroid dienone is 4. The van der Waals surface area contributed by atoms with Gasteiger partial charge in [0.15, 0.2) is 0 Å². The molecule has 0 heterocycles. The van der Waals surface area contributed by atoms with E-state index in [9.17, 15) is 9.59 Å². The molecule has 0 amide bonds. The zero-order valence-corrected chi connectivity index (χ0v) is 27.1. The van der Waals surface area contributed by atoms with Crippen molar-refractivity contribution < 1.29 is 19.1 Å². The quantitative estimate of drug-likeness (QED) is 0.0517. The van der Waals surface area contributed by atoms with Crippen LogP contribution < -0.4 is 0 Å². The SMILES string of the molecule is CCCCCCC/C=C\CCCCCCC(=O)O[C@H](C)[C@H](C)OC(=O)CCCCCC/C=C/CCCCCCC. The number of carbonyl (C=O) groups is 2. The number of unbranched alkanes of at least 4 members (excludes halogenated alkanes) is 18. The summed E-state index contributed by atoms with van der Waals surface area (Å²) in [6.45, 7) is 8.13. The Balaban J connectivity index is 3.64. The van der Waals surface area contributed by atoms with E-state index in [0.717, 1.165) is 51.4 Å². The molecule has 0 unspecified atom stereocenters. The van der Waals surface area contributed by atoms with Crippen molar-refractivity contribution in [2.45, 2.75) is 194 Å². The van der Waals surface area contributed by atoms with Crippen molar-refractivity contribution in [1.29, 1.82) is 0 Å². The van der Waals surface area contributed by atoms with E-state index in [1.807, 2.05) is 13.8 Å². The van der Waals surface area contributed by atoms with Gasteiger partial charge in [-0.05, 0) is 78.1 Å². The van der Waals surface area contributed by atoms with Gasteiger partial charge in [-0.2, -0.15) is 0 Å². The van der Waals surface area contributed by atoms with Crippen LogP contribution in [0.25, 0.3) is 0 Å². The van der Waals surface area contributed by atoms with Gasteiger partial charge in [-0.25, -0.2) is 0 Å². The standard InChI is InChI=1S/C36H66O4/c1-5-7-9-11-13-15-17-19-21-23-25-27-29-31-35(37)39-33(3)34(4)40-36(38)32-30-28-26-24-22-20-18-16-14-12-10-8-6-2/h17-20,33-34H,5-16,21-32H2,1-4H3/b19-17-,20-18+/t33-,34+/m1/s1. The lowest BCUT2D eigenvalue weighted by Gasteiger charge is -2.21. The third kappa shape index (κ3) is 28.0. The minimum atomic E-state index is -0.415. The number of hydrogen-bond acceptors (Lipinski definition) is 4. The number of ether oxygens (including phenoxy) is 2. The van der Waals surface area contributed by atoms with Gasteiger partial charge >= 0.3 is 11.9 Å². The molecular weight excluding hydrogens is 496 g/mol. The number of hydrogen-bond donors (Lipinski definition) is 0. The van der Waals surface area contributed by atoms with Crippen LogP contribution in [0, 0.1) is 0 Å². The predicted molar refractivity (Wildman–Crippen MR) is 172 cm³/mol. The first-order valence-corrected chi connectivity index (χ1v) is 17.2. The maximum atomic E-state index is 12.2. The maximum Gasteiger partial charge on any atom is 0.306 e. The second-order valence-corrected chi connectivity index (χ2v) is 11.6. The summed E-state index contributed by atoms with van der Waals surface area (Å²) in [5, 5.41) is 0. The summed E-state index contributed by atoms with van der Waals surface area (Å²) in [4.78, 5) is 24.4. The molecule has 0 spiro atoms. The molecule has 4 heteroatoms. The molecule has 0 rings (SSSR count). The van der Waals surface area contributed by atoms with E-state index in [4.69, 9.17) is 9.47 Å². The molecule has 40 heavy (non-hydrogen) atoms. The molecule has 0 aromatic carbocycles. The largest absolute Gasteiger partial charge is 0.459 e. The van der Waals surface area contributed by atoms with Crippen molar-refractivity contribution >= 4 is 11.9 Å². The summed E-state index contributed by atoms with van der Waals surface area (Å²) >= 11 is 0. The van der Waals surface area contributed by atoms with Crippen molar-refractivity contribution in [2.24, 2.45) is 0 Å². The summed E-state index contributed by atoms with van der Waals surface area (Å²) in [6, 6.07) is 0. The van der Waals surface area contributed by atoms with E-state index < -0.39 is 12.2 Å². The molecule has 0 saturated heterocycles. The summed E-state index contributed by atoms with van der Waals surface area (Å²) in [5.74, 6) is -0.382. The number of rotatable bonds is 29. The summed E-state index contributed by atoms with van der Waals surface area (Å²) in [7, 11) is 0. The predicted octanol–water partition coefficient (Wildman–Crippen LogP) is 11.4. The van der Waals surface area contributed by atoms with Gasteiger partial charge in [0, 0.05) is 12.8 Å². The molecule has 2 atom stereocenters. The molecule has 0 saturated carbocycles. The van der Waals surface area contributed by atoms with Gasteiger partial charge in [0.2, 0.25) is 0 Å². The van der Waals surface area contributed by atoms with Crippen LogP contribution in [0.4, 0.5) is 0 Å². The molecule has 0 aliphatic carbocycles. The third-order valence-corrected chi connectivity index (χ3v) is 7.58. The van der Waals surface area contributed by atoms with Gasteiger partial charge in [-0.1, -0.05) is 115 Å². The molecule has 4 nitrogen and oxygen atoms in total. The molecule has 0 aliphatic rings. The third-order valence-electron chi connectivity index (χ3n) is 7.58. The minimum Gasteiger partial charge on any atom is -0.459 e. The molecular formula is C36H66O4. The van der Waals surface area contributed by atoms with Crippen molar-refractivity contribution in [3.8, 4) is 0 Å². The Hall–Kier alpha value is -1.58. The molecule has 0 aromatic heterocycles. The first-order valence-electron chi connectivity index (χ1n) is 17.2. The highest BCUT2D eigenvalue weighted by Crippen LogP contribution is 2.13. The Kier molecular flexibility index (Phi) is 29.2. The first kappa shape index (κ1) is 38.4. The molecule has 234 valence electrons. The summed E-state index contributed by atoms with van der Waals surface area (Å²) in [5.41, 5.74) is 0. The van der Waals surface area contributed by atoms with Crippen molar-refractivity contribution in [3.05, 3.63) is 24.3 Å². The van der Waals surface area contributed by atoms with Gasteiger partial charge in [-0.15, -0.1) is 0 Å². The minimum absolute atomic E-state index is 0.191. The van der Waals surface area contributed by atoms with E-state index in [0.29, 0.717) is 12.8 Å². The van der Waals surface area contributed by atoms with Crippen LogP contribution in [0.1, 0.15) is 182 Å². The lowest BCUT2D eigenvalue weighted by molar-refractivity contribution is -0.165. The van der Waals surface area contributed by atoms with E-state index in [-0.39, 0.29) is 11.9 Å². The summed E-state index contributed by atoms with van der Waals surface area (Å²) < 4.78 is 11.0. The monoisotopic (exact) mass is 562 g/mol. The van der Waals surface area contributed by atoms with Crippen LogP contribution in [-0.2, 0) is 19.1 Å². The fourth-order valence-electron chi connectivity index (χ4n) is 4.70. The molecule has 0 aromatic rings. The van der Waals surface area contributed by atoms with E-state index in [2.05, 4.69) is 38.2 Å². The molecule has 0 aliphatic heterocycles. The molecule has 0 radical (unpaired) electrons. The number of esters is 2. The Bertz CT molecular complexity index is 570. The average Bonchev–Trinajstić information content (AvgIpc) is 2.93. The fraction of sp³-hybridized carbons (Fsp3) is 0.833. The normalized spacial score (nSPS) is 13.2. The zero-order valence-electron chi connectivity index (χ0n) is 27.1. The lowest BCUT2D eigenvalue weighted by Crippen LogP contribution is -2.30. The second kappa shape index (κ2) is 30.4. The smallest absolute Gasteiger partial charge is 0.306 e. The van der Waals surface area contributed by atoms with Crippen LogP contribution in [-0.4, -0.2) is 24.1 Å². The molecule has 0 fully saturated rings. The van der Waals surface area contributed by atoms with E-state index in [1.165, 1.54) is 89.9 Å². The van der Waals surface area contributed by atoms with Gasteiger partial charge in [-0.3, -0.25) is 9.59 Å². The topological polar surface area (TPSA) is 52.6 Å². The highest BCUT2D eigenvalue weighted by Gasteiger charge is 2.20. The highest BCUT2D eigenvalue weighted by atomic mass is 16.6. The Morgan fingerprint density at radius 1 is 0.450 bits per heavy atom. The van der Waals surface area contributed by atoms with Crippen LogP contribution in [0.15, 0.2) is 24.3 Å². The highest BCUT2D eigenvalue weighted by molar-refractivity contribution is 5.70. The van der Waals surface area contributed by atoms with Crippen molar-refractivity contribution in [2.75, 3.05) is 0 Å². The lowest BCUT2D eigenvalue weighted by atomic mass is 10.1. The van der Waals surface area contributed by atoms with Crippen LogP contribution in [0.3, 0.4) is 0 Å². The van der Waals surface area contributed by atoms with Gasteiger partial charge < -0.3 is 9.47 Å². The van der Waals surface area contributed by atoms with Gasteiger partial charge in [0.25, 0.3) is 0 Å². The van der Waals surface area contributed by atoms with Crippen LogP contribution >= 0.6 is 0 Å². The zero-order chi connectivity index (χ0) is 29.5. The Morgan fingerprint density at radius 3 is 1.02 bits per heavy atom. The molecule has 0 bridgehead atoms. The molecule has 0 N–H and O–H groups in total. The fourth-order valence-corrected chi connectivity index (χ4v) is 4.70. The van der Waals surface area contributed by atoms with E-state index in [1.54, 1.807) is 0 Å². The average molecular weight is 563 g/mol. The van der Waals surface area contributed by atoms with Crippen molar-refractivity contribution in [1.82, 2.24) is 0 Å². The van der Waals surface area contributed by atoms with Crippen LogP contribution in [0.5, 0.6) is 0 Å². The first-order chi connectivity index (χ1) is 19.5. The summed E-state index contributed by atoms with van der Waals surface area (Å²) in [6.07, 6.45) is 35.9. The number of carbonyl (C=O) groups excluding carboxylic acids is 2. The van der Waals surface area contributed by atoms with Gasteiger partial charge in [0.1, 0.15) is 12.2 Å². The Morgan fingerprint density at radius 2 is 0.725 bits per heavy atom. The van der Waals surface area contributed by atoms with Crippen LogP contribution in [0.2, 0.25) is 0 Å². The Labute approximate surface area is 249 Å².